The number of fused-ring (bicyclic) bond motifs is 1. The number of nitrogens with zero attached hydrogens (tertiary/aromatic N) is 1. The third-order valence-corrected chi connectivity index (χ3v) is 2.73. The van der Waals surface area contributed by atoms with E-state index in [1.807, 2.05) is 18.2 Å². The number of thiazole rings is 1. The molecule has 0 radical (unpaired) electrons. The summed E-state index contributed by atoms with van der Waals surface area (Å²) in [4.78, 5) is 4.17. The van der Waals surface area contributed by atoms with Crippen LogP contribution in [-0.2, 0) is 0 Å². The van der Waals surface area contributed by atoms with E-state index >= 15 is 0 Å². The van der Waals surface area contributed by atoms with E-state index in [0.29, 0.717) is 0 Å². The molecular formula is C9H9NOS. The zero-order valence-corrected chi connectivity index (χ0v) is 7.51. The number of aliphatic hydroxyl groups excluding tert-OH is 1. The first-order valence-electron chi connectivity index (χ1n) is 3.79. The van der Waals surface area contributed by atoms with Crippen LogP contribution < -0.4 is 0 Å². The van der Waals surface area contributed by atoms with Gasteiger partial charge in [0, 0.05) is 0 Å². The second-order valence-corrected chi connectivity index (χ2v) is 3.58. The zero-order chi connectivity index (χ0) is 8.55. The van der Waals surface area contributed by atoms with Crippen LogP contribution in [0.3, 0.4) is 0 Å². The minimum absolute atomic E-state index is 0.408. The fraction of sp³-hybridized carbons (Fsp3) is 0.222. The molecular weight excluding hydrogens is 170 g/mol. The summed E-state index contributed by atoms with van der Waals surface area (Å²) in [6, 6.07) is 5.81. The molecule has 1 N–H and O–H groups in total. The van der Waals surface area contributed by atoms with Crippen molar-refractivity contribution in [2.45, 2.75) is 13.0 Å². The fourth-order valence-electron chi connectivity index (χ4n) is 1.24. The van der Waals surface area contributed by atoms with Crippen LogP contribution in [0.2, 0.25) is 0 Å². The van der Waals surface area contributed by atoms with Crippen molar-refractivity contribution in [2.75, 3.05) is 0 Å². The lowest BCUT2D eigenvalue weighted by Crippen LogP contribution is -1.89. The molecule has 3 heteroatoms. The lowest BCUT2D eigenvalue weighted by Gasteiger charge is -2.03. The quantitative estimate of drug-likeness (QED) is 0.729. The minimum Gasteiger partial charge on any atom is -0.389 e. The number of rotatable bonds is 1. The van der Waals surface area contributed by atoms with Crippen LogP contribution in [0.1, 0.15) is 18.6 Å². The normalized spacial score (nSPS) is 13.5. The van der Waals surface area contributed by atoms with E-state index in [1.54, 1.807) is 23.8 Å². The van der Waals surface area contributed by atoms with Gasteiger partial charge in [0.2, 0.25) is 0 Å². The Hall–Kier alpha value is -0.930. The maximum Gasteiger partial charge on any atom is 0.0815 e. The zero-order valence-electron chi connectivity index (χ0n) is 6.69. The molecule has 0 saturated heterocycles. The minimum atomic E-state index is -0.408. The molecule has 1 heterocycles. The Balaban J connectivity index is 2.73. The first-order chi connectivity index (χ1) is 5.79. The van der Waals surface area contributed by atoms with Gasteiger partial charge in [0.1, 0.15) is 0 Å². The van der Waals surface area contributed by atoms with E-state index in [4.69, 9.17) is 0 Å². The summed E-state index contributed by atoms with van der Waals surface area (Å²) in [5, 5.41) is 9.42. The van der Waals surface area contributed by atoms with Gasteiger partial charge in [-0.25, -0.2) is 4.98 Å². The Kier molecular flexibility index (Phi) is 1.83. The van der Waals surface area contributed by atoms with Crippen molar-refractivity contribution in [2.24, 2.45) is 0 Å². The molecule has 0 saturated carbocycles. The highest BCUT2D eigenvalue weighted by atomic mass is 32.1. The standard InChI is InChI=1S/C9H9NOS/c1-6(11)7-3-2-4-8-9(7)12-5-10-8/h2-6,11H,1H3/t6-/m0/s1. The van der Waals surface area contributed by atoms with E-state index in [9.17, 15) is 5.11 Å². The van der Waals surface area contributed by atoms with Crippen molar-refractivity contribution in [3.05, 3.63) is 29.3 Å². The van der Waals surface area contributed by atoms with Gasteiger partial charge in [-0.05, 0) is 18.6 Å². The summed E-state index contributed by atoms with van der Waals surface area (Å²) in [5.41, 5.74) is 3.74. The van der Waals surface area contributed by atoms with Crippen LogP contribution in [0.4, 0.5) is 0 Å². The molecule has 0 spiro atoms. The van der Waals surface area contributed by atoms with Gasteiger partial charge in [-0.1, -0.05) is 12.1 Å². The first-order valence-corrected chi connectivity index (χ1v) is 4.67. The maximum atomic E-state index is 9.42. The summed E-state index contributed by atoms with van der Waals surface area (Å²) in [6.07, 6.45) is -0.408. The third kappa shape index (κ3) is 1.11. The molecule has 0 unspecified atom stereocenters. The first kappa shape index (κ1) is 7.71. The molecule has 12 heavy (non-hydrogen) atoms. The van der Waals surface area contributed by atoms with Gasteiger partial charge in [0.05, 0.1) is 21.8 Å². The van der Waals surface area contributed by atoms with Crippen LogP contribution in [-0.4, -0.2) is 10.1 Å². The van der Waals surface area contributed by atoms with Gasteiger partial charge < -0.3 is 5.11 Å². The topological polar surface area (TPSA) is 33.1 Å². The third-order valence-electron chi connectivity index (χ3n) is 1.84. The Morgan fingerprint density at radius 3 is 3.08 bits per heavy atom. The lowest BCUT2D eigenvalue weighted by atomic mass is 10.1. The molecule has 2 nitrogen and oxygen atoms in total. The molecule has 0 aliphatic carbocycles. The van der Waals surface area contributed by atoms with Crippen LogP contribution in [0.25, 0.3) is 10.2 Å². The van der Waals surface area contributed by atoms with E-state index in [2.05, 4.69) is 4.98 Å². The molecule has 0 fully saturated rings. The van der Waals surface area contributed by atoms with Crippen molar-refractivity contribution in [1.82, 2.24) is 4.98 Å². The van der Waals surface area contributed by atoms with Gasteiger partial charge in [-0.15, -0.1) is 11.3 Å². The average Bonchev–Trinajstić information content (AvgIpc) is 2.49. The van der Waals surface area contributed by atoms with E-state index in [1.165, 1.54) is 0 Å². The molecule has 0 bridgehead atoms. The predicted molar refractivity (Wildman–Crippen MR) is 50.3 cm³/mol. The Bertz CT molecular complexity index is 394. The Morgan fingerprint density at radius 2 is 2.33 bits per heavy atom. The van der Waals surface area contributed by atoms with Crippen molar-refractivity contribution in [3.8, 4) is 0 Å². The van der Waals surface area contributed by atoms with Gasteiger partial charge in [-0.2, -0.15) is 0 Å². The van der Waals surface area contributed by atoms with Crippen LogP contribution >= 0.6 is 11.3 Å². The summed E-state index contributed by atoms with van der Waals surface area (Å²) < 4.78 is 1.09. The highest BCUT2D eigenvalue weighted by Gasteiger charge is 2.06. The lowest BCUT2D eigenvalue weighted by molar-refractivity contribution is 0.201. The summed E-state index contributed by atoms with van der Waals surface area (Å²) >= 11 is 1.57. The van der Waals surface area contributed by atoms with Crippen molar-refractivity contribution in [1.29, 1.82) is 0 Å². The molecule has 1 aromatic carbocycles. The number of benzene rings is 1. The molecule has 2 aromatic rings. The molecule has 1 atom stereocenters. The summed E-state index contributed by atoms with van der Waals surface area (Å²) in [6.45, 7) is 1.77. The van der Waals surface area contributed by atoms with Crippen LogP contribution in [0, 0.1) is 0 Å². The van der Waals surface area contributed by atoms with Crippen LogP contribution in [0.15, 0.2) is 23.7 Å². The maximum absolute atomic E-state index is 9.42. The molecule has 0 amide bonds. The largest absolute Gasteiger partial charge is 0.389 e. The second kappa shape index (κ2) is 2.84. The number of aromatic nitrogens is 1. The predicted octanol–water partition coefficient (Wildman–Crippen LogP) is 2.35. The molecule has 2 rings (SSSR count). The monoisotopic (exact) mass is 179 g/mol. The Labute approximate surface area is 74.5 Å². The van der Waals surface area contributed by atoms with Crippen molar-refractivity contribution >= 4 is 21.6 Å². The van der Waals surface area contributed by atoms with Gasteiger partial charge in [0.25, 0.3) is 0 Å². The average molecular weight is 179 g/mol. The summed E-state index contributed by atoms with van der Waals surface area (Å²) in [7, 11) is 0. The fourth-order valence-corrected chi connectivity index (χ4v) is 2.12. The smallest absolute Gasteiger partial charge is 0.0815 e. The SMILES string of the molecule is C[C@H](O)c1cccc2ncsc12. The molecule has 0 aliphatic rings. The van der Waals surface area contributed by atoms with E-state index < -0.39 is 6.10 Å². The summed E-state index contributed by atoms with van der Waals surface area (Å²) in [5.74, 6) is 0. The van der Waals surface area contributed by atoms with Gasteiger partial charge >= 0.3 is 0 Å². The van der Waals surface area contributed by atoms with Crippen LogP contribution in [0.5, 0.6) is 0 Å². The van der Waals surface area contributed by atoms with Gasteiger partial charge in [0.15, 0.2) is 0 Å². The molecule has 1 aromatic heterocycles. The molecule has 0 aliphatic heterocycles. The van der Waals surface area contributed by atoms with E-state index in [0.717, 1.165) is 15.8 Å². The van der Waals surface area contributed by atoms with Gasteiger partial charge in [-0.3, -0.25) is 0 Å². The molecule has 62 valence electrons. The second-order valence-electron chi connectivity index (χ2n) is 2.72. The number of hydrogen-bond donors (Lipinski definition) is 1. The van der Waals surface area contributed by atoms with E-state index in [-0.39, 0.29) is 0 Å². The van der Waals surface area contributed by atoms with Crippen molar-refractivity contribution < 1.29 is 5.11 Å². The van der Waals surface area contributed by atoms with Crippen molar-refractivity contribution in [3.63, 3.8) is 0 Å². The Morgan fingerprint density at radius 1 is 1.50 bits per heavy atom. The number of aliphatic hydroxyl groups is 1. The highest BCUT2D eigenvalue weighted by Crippen LogP contribution is 2.26. The highest BCUT2D eigenvalue weighted by molar-refractivity contribution is 7.16. The number of hydrogen-bond acceptors (Lipinski definition) is 3.